The number of nitrogens with two attached hydrogens (primary N) is 1. The molecule has 9 heteroatoms. The highest BCUT2D eigenvalue weighted by Gasteiger charge is 2.26. The Labute approximate surface area is 157 Å². The van der Waals surface area contributed by atoms with Crippen LogP contribution in [0.15, 0.2) is 12.4 Å². The van der Waals surface area contributed by atoms with Gasteiger partial charge in [-0.05, 0) is 25.9 Å². The van der Waals surface area contributed by atoms with Crippen LogP contribution in [0.2, 0.25) is 0 Å². The van der Waals surface area contributed by atoms with Crippen molar-refractivity contribution in [3.63, 3.8) is 0 Å². The van der Waals surface area contributed by atoms with Crippen molar-refractivity contribution in [1.29, 1.82) is 0 Å². The average molecular weight is 371 g/mol. The standard InChI is InChI=1S/C18H25N7O2/c19-17(27)12-1-5-24(6-2-12)7-4-16(26)25-8-3-14-15(11-25)23-18(22-14)13-9-20-21-10-13/h9-10,12H,1-8,11H2,(H2,19,27)(H,20,21)(H,22,23). The first-order valence-corrected chi connectivity index (χ1v) is 9.46. The van der Waals surface area contributed by atoms with Gasteiger partial charge in [0.1, 0.15) is 5.82 Å². The predicted octanol–water partition coefficient (Wildman–Crippen LogP) is 0.272. The third-order valence-electron chi connectivity index (χ3n) is 5.59. The second-order valence-corrected chi connectivity index (χ2v) is 7.33. The molecule has 0 unspecified atom stereocenters. The normalized spacial score (nSPS) is 18.4. The number of hydrogen-bond donors (Lipinski definition) is 3. The monoisotopic (exact) mass is 371 g/mol. The van der Waals surface area contributed by atoms with Gasteiger partial charge in [-0.15, -0.1) is 0 Å². The number of fused-ring (bicyclic) bond motifs is 1. The second-order valence-electron chi connectivity index (χ2n) is 7.33. The van der Waals surface area contributed by atoms with Gasteiger partial charge in [0, 0.05) is 38.0 Å². The van der Waals surface area contributed by atoms with Crippen molar-refractivity contribution in [2.45, 2.75) is 32.2 Å². The largest absolute Gasteiger partial charge is 0.369 e. The molecule has 2 aliphatic heterocycles. The molecule has 144 valence electrons. The Hall–Kier alpha value is -2.68. The van der Waals surface area contributed by atoms with E-state index in [9.17, 15) is 9.59 Å². The van der Waals surface area contributed by atoms with Crippen LogP contribution in [0.4, 0.5) is 0 Å². The molecule has 4 rings (SSSR count). The molecule has 4 heterocycles. The number of amides is 2. The number of imidazole rings is 1. The maximum Gasteiger partial charge on any atom is 0.224 e. The van der Waals surface area contributed by atoms with Gasteiger partial charge in [0.05, 0.1) is 29.7 Å². The molecule has 2 aliphatic rings. The fourth-order valence-corrected chi connectivity index (χ4v) is 3.88. The molecule has 0 atom stereocenters. The summed E-state index contributed by atoms with van der Waals surface area (Å²) in [7, 11) is 0. The molecular formula is C18H25N7O2. The second kappa shape index (κ2) is 7.51. The van der Waals surface area contributed by atoms with E-state index in [1.54, 1.807) is 12.4 Å². The molecule has 27 heavy (non-hydrogen) atoms. The number of nitrogens with one attached hydrogen (secondary N) is 2. The van der Waals surface area contributed by atoms with Crippen LogP contribution < -0.4 is 5.73 Å². The first-order valence-electron chi connectivity index (χ1n) is 9.46. The number of rotatable bonds is 5. The van der Waals surface area contributed by atoms with E-state index in [2.05, 4.69) is 25.1 Å². The van der Waals surface area contributed by atoms with Gasteiger partial charge in [0.15, 0.2) is 0 Å². The molecular weight excluding hydrogens is 346 g/mol. The van der Waals surface area contributed by atoms with Gasteiger partial charge in [0.2, 0.25) is 11.8 Å². The van der Waals surface area contributed by atoms with Gasteiger partial charge < -0.3 is 20.5 Å². The van der Waals surface area contributed by atoms with Crippen molar-refractivity contribution < 1.29 is 9.59 Å². The van der Waals surface area contributed by atoms with Crippen LogP contribution in [0, 0.1) is 5.92 Å². The lowest BCUT2D eigenvalue weighted by atomic mass is 9.96. The van der Waals surface area contributed by atoms with Crippen LogP contribution in [-0.4, -0.2) is 68.0 Å². The van der Waals surface area contributed by atoms with E-state index in [1.807, 2.05) is 4.90 Å². The van der Waals surface area contributed by atoms with Crippen molar-refractivity contribution in [3.05, 3.63) is 23.8 Å². The van der Waals surface area contributed by atoms with Crippen LogP contribution in [0.1, 0.15) is 30.7 Å². The van der Waals surface area contributed by atoms with Crippen LogP contribution in [0.25, 0.3) is 11.4 Å². The zero-order chi connectivity index (χ0) is 18.8. The van der Waals surface area contributed by atoms with E-state index >= 15 is 0 Å². The van der Waals surface area contributed by atoms with E-state index in [0.29, 0.717) is 19.5 Å². The number of carbonyl (C=O) groups excluding carboxylic acids is 2. The summed E-state index contributed by atoms with van der Waals surface area (Å²) in [6, 6.07) is 0. The van der Waals surface area contributed by atoms with Gasteiger partial charge in [-0.1, -0.05) is 0 Å². The molecule has 9 nitrogen and oxygen atoms in total. The molecule has 0 spiro atoms. The number of aromatic nitrogens is 4. The highest BCUT2D eigenvalue weighted by Crippen LogP contribution is 2.23. The molecule has 2 amide bonds. The molecule has 1 fully saturated rings. The Morgan fingerprint density at radius 3 is 2.78 bits per heavy atom. The number of carbonyl (C=O) groups is 2. The minimum absolute atomic E-state index is 0.0118. The van der Waals surface area contributed by atoms with Gasteiger partial charge in [-0.25, -0.2) is 4.98 Å². The summed E-state index contributed by atoms with van der Waals surface area (Å²) in [4.78, 5) is 36.0. The minimum atomic E-state index is -0.204. The molecule has 0 aliphatic carbocycles. The fourth-order valence-electron chi connectivity index (χ4n) is 3.88. The lowest BCUT2D eigenvalue weighted by molar-refractivity contribution is -0.133. The molecule has 2 aromatic heterocycles. The maximum atomic E-state index is 12.6. The average Bonchev–Trinajstić information content (AvgIpc) is 3.35. The maximum absolute atomic E-state index is 12.6. The number of aromatic amines is 2. The summed E-state index contributed by atoms with van der Waals surface area (Å²) in [5.41, 5.74) is 8.33. The van der Waals surface area contributed by atoms with Gasteiger partial charge in [-0.2, -0.15) is 5.10 Å². The zero-order valence-electron chi connectivity index (χ0n) is 15.3. The van der Waals surface area contributed by atoms with E-state index in [1.165, 1.54) is 0 Å². The number of likely N-dealkylation sites (tertiary alicyclic amines) is 1. The van der Waals surface area contributed by atoms with E-state index in [4.69, 9.17) is 5.73 Å². The highest BCUT2D eigenvalue weighted by molar-refractivity contribution is 5.77. The van der Waals surface area contributed by atoms with Crippen LogP contribution in [0.3, 0.4) is 0 Å². The quantitative estimate of drug-likeness (QED) is 0.696. The lowest BCUT2D eigenvalue weighted by Crippen LogP contribution is -2.41. The number of piperidine rings is 1. The van der Waals surface area contributed by atoms with E-state index in [-0.39, 0.29) is 17.7 Å². The van der Waals surface area contributed by atoms with Gasteiger partial charge in [0.25, 0.3) is 0 Å². The Morgan fingerprint density at radius 2 is 2.07 bits per heavy atom. The molecule has 1 saturated heterocycles. The topological polar surface area (TPSA) is 124 Å². The fraction of sp³-hybridized carbons (Fsp3) is 0.556. The Kier molecular flexibility index (Phi) is 4.93. The smallest absolute Gasteiger partial charge is 0.224 e. The predicted molar refractivity (Wildman–Crippen MR) is 98.3 cm³/mol. The van der Waals surface area contributed by atoms with Crippen molar-refractivity contribution >= 4 is 11.8 Å². The SMILES string of the molecule is NC(=O)C1CCN(CCC(=O)N2CCc3nc(-c4cn[nH]c4)[nH]c3C2)CC1. The summed E-state index contributed by atoms with van der Waals surface area (Å²) in [6.45, 7) is 3.67. The number of nitrogens with zero attached hydrogens (tertiary/aromatic N) is 4. The van der Waals surface area contributed by atoms with Crippen LogP contribution in [-0.2, 0) is 22.6 Å². The lowest BCUT2D eigenvalue weighted by Gasteiger charge is -2.31. The summed E-state index contributed by atoms with van der Waals surface area (Å²) >= 11 is 0. The first-order chi connectivity index (χ1) is 13.1. The van der Waals surface area contributed by atoms with E-state index < -0.39 is 0 Å². The summed E-state index contributed by atoms with van der Waals surface area (Å²) in [5.74, 6) is 0.740. The third kappa shape index (κ3) is 3.87. The molecule has 0 bridgehead atoms. The highest BCUT2D eigenvalue weighted by atomic mass is 16.2. The number of primary amides is 1. The number of H-pyrrole nitrogens is 2. The van der Waals surface area contributed by atoms with Crippen molar-refractivity contribution in [1.82, 2.24) is 30.0 Å². The van der Waals surface area contributed by atoms with Gasteiger partial charge in [-0.3, -0.25) is 14.7 Å². The van der Waals surface area contributed by atoms with Crippen LogP contribution >= 0.6 is 0 Å². The zero-order valence-corrected chi connectivity index (χ0v) is 15.3. The number of hydrogen-bond acceptors (Lipinski definition) is 5. The molecule has 0 saturated carbocycles. The molecule has 2 aromatic rings. The minimum Gasteiger partial charge on any atom is -0.369 e. The van der Waals surface area contributed by atoms with E-state index in [0.717, 1.165) is 61.7 Å². The van der Waals surface area contributed by atoms with Crippen molar-refractivity contribution in [2.24, 2.45) is 11.7 Å². The first kappa shape index (κ1) is 17.7. The summed E-state index contributed by atoms with van der Waals surface area (Å²) in [6.07, 6.45) is 6.38. The molecule has 0 radical (unpaired) electrons. The Morgan fingerprint density at radius 1 is 1.26 bits per heavy atom. The molecule has 0 aromatic carbocycles. The van der Waals surface area contributed by atoms with Crippen molar-refractivity contribution in [2.75, 3.05) is 26.2 Å². The Balaban J connectivity index is 1.29. The Bertz CT molecular complexity index is 806. The molecule has 4 N–H and O–H groups in total. The van der Waals surface area contributed by atoms with Gasteiger partial charge >= 0.3 is 0 Å². The summed E-state index contributed by atoms with van der Waals surface area (Å²) in [5, 5.41) is 6.74. The summed E-state index contributed by atoms with van der Waals surface area (Å²) < 4.78 is 0. The van der Waals surface area contributed by atoms with Crippen LogP contribution in [0.5, 0.6) is 0 Å². The third-order valence-corrected chi connectivity index (χ3v) is 5.59. The van der Waals surface area contributed by atoms with Crippen molar-refractivity contribution in [3.8, 4) is 11.4 Å².